The van der Waals surface area contributed by atoms with Crippen molar-refractivity contribution in [2.75, 3.05) is 26.8 Å². The third kappa shape index (κ3) is 3.99. The molecule has 134 valence electrons. The molecule has 7 heteroatoms. The van der Waals surface area contributed by atoms with Crippen molar-refractivity contribution < 1.29 is 18.7 Å². The van der Waals surface area contributed by atoms with Crippen molar-refractivity contribution in [2.45, 2.75) is 25.8 Å². The first-order chi connectivity index (χ1) is 12.1. The largest absolute Gasteiger partial charge is 0.383 e. The molecule has 0 spiro atoms. The SMILES string of the molecule is COCCNC(=O)CCC(=O)N1CCc2[nH]c3ccc(F)cc3c2C1. The number of amides is 2. The van der Waals surface area contributed by atoms with Crippen molar-refractivity contribution in [3.8, 4) is 0 Å². The Hall–Kier alpha value is -2.41. The molecule has 0 saturated carbocycles. The number of halogens is 1. The van der Waals surface area contributed by atoms with Gasteiger partial charge in [-0.2, -0.15) is 0 Å². The molecule has 2 aromatic rings. The Labute approximate surface area is 145 Å². The molecule has 0 unspecified atom stereocenters. The third-order valence-corrected chi connectivity index (χ3v) is 4.48. The summed E-state index contributed by atoms with van der Waals surface area (Å²) in [5, 5.41) is 3.53. The number of carbonyl (C=O) groups is 2. The number of nitrogens with one attached hydrogen (secondary N) is 2. The lowest BCUT2D eigenvalue weighted by atomic mass is 10.0. The molecule has 0 aliphatic carbocycles. The Morgan fingerprint density at radius 1 is 1.36 bits per heavy atom. The van der Waals surface area contributed by atoms with Gasteiger partial charge in [-0.25, -0.2) is 4.39 Å². The lowest BCUT2D eigenvalue weighted by Gasteiger charge is -2.27. The highest BCUT2D eigenvalue weighted by Gasteiger charge is 2.24. The average molecular weight is 347 g/mol. The summed E-state index contributed by atoms with van der Waals surface area (Å²) in [5.74, 6) is -0.499. The number of H-pyrrole nitrogens is 1. The summed E-state index contributed by atoms with van der Waals surface area (Å²) in [5.41, 5.74) is 2.92. The fourth-order valence-corrected chi connectivity index (χ4v) is 3.16. The molecule has 1 aliphatic heterocycles. The number of hydrogen-bond donors (Lipinski definition) is 2. The van der Waals surface area contributed by atoms with Gasteiger partial charge in [-0.1, -0.05) is 0 Å². The van der Waals surface area contributed by atoms with Crippen LogP contribution < -0.4 is 5.32 Å². The van der Waals surface area contributed by atoms with Gasteiger partial charge in [-0.3, -0.25) is 9.59 Å². The second kappa shape index (κ2) is 7.65. The van der Waals surface area contributed by atoms with Crippen LogP contribution in [0.5, 0.6) is 0 Å². The van der Waals surface area contributed by atoms with Gasteiger partial charge < -0.3 is 19.9 Å². The fourth-order valence-electron chi connectivity index (χ4n) is 3.16. The highest BCUT2D eigenvalue weighted by Crippen LogP contribution is 2.28. The maximum Gasteiger partial charge on any atom is 0.223 e. The summed E-state index contributed by atoms with van der Waals surface area (Å²) >= 11 is 0. The monoisotopic (exact) mass is 347 g/mol. The van der Waals surface area contributed by atoms with E-state index in [0.717, 1.165) is 22.2 Å². The number of methoxy groups -OCH3 is 1. The van der Waals surface area contributed by atoms with E-state index in [1.54, 1.807) is 18.1 Å². The first-order valence-corrected chi connectivity index (χ1v) is 8.41. The molecule has 2 N–H and O–H groups in total. The second-order valence-corrected chi connectivity index (χ2v) is 6.18. The second-order valence-electron chi connectivity index (χ2n) is 6.18. The van der Waals surface area contributed by atoms with E-state index < -0.39 is 0 Å². The van der Waals surface area contributed by atoms with Crippen LogP contribution in [-0.4, -0.2) is 48.5 Å². The zero-order valence-corrected chi connectivity index (χ0v) is 14.2. The number of rotatable bonds is 6. The molecule has 0 saturated heterocycles. The standard InChI is InChI=1S/C18H22FN3O3/c1-25-9-7-20-17(23)4-5-18(24)22-8-6-16-14(11-22)13-10-12(19)2-3-15(13)21-16/h2-3,10,21H,4-9,11H2,1H3,(H,20,23). The molecule has 1 aliphatic rings. The predicted octanol–water partition coefficient (Wildman–Crippen LogP) is 1.73. The first kappa shape index (κ1) is 17.4. The molecule has 2 heterocycles. The van der Waals surface area contributed by atoms with Crippen LogP contribution in [0.2, 0.25) is 0 Å². The third-order valence-electron chi connectivity index (χ3n) is 4.48. The van der Waals surface area contributed by atoms with Crippen molar-refractivity contribution in [1.82, 2.24) is 15.2 Å². The van der Waals surface area contributed by atoms with Crippen LogP contribution >= 0.6 is 0 Å². The number of benzene rings is 1. The van der Waals surface area contributed by atoms with Gasteiger partial charge in [0.15, 0.2) is 0 Å². The number of ether oxygens (including phenoxy) is 1. The minimum atomic E-state index is -0.287. The molecular weight excluding hydrogens is 325 g/mol. The molecule has 2 amide bonds. The molecule has 0 atom stereocenters. The maximum atomic E-state index is 13.5. The van der Waals surface area contributed by atoms with E-state index in [4.69, 9.17) is 4.74 Å². The van der Waals surface area contributed by atoms with Crippen LogP contribution in [0.4, 0.5) is 4.39 Å². The minimum absolute atomic E-state index is 0.0571. The van der Waals surface area contributed by atoms with E-state index >= 15 is 0 Å². The zero-order valence-electron chi connectivity index (χ0n) is 14.2. The van der Waals surface area contributed by atoms with Gasteiger partial charge in [0.05, 0.1) is 6.61 Å². The molecule has 0 fully saturated rings. The van der Waals surface area contributed by atoms with Crippen LogP contribution in [0.25, 0.3) is 10.9 Å². The van der Waals surface area contributed by atoms with Crippen LogP contribution in [0.15, 0.2) is 18.2 Å². The Kier molecular flexibility index (Phi) is 5.33. The van der Waals surface area contributed by atoms with Crippen LogP contribution in [0, 0.1) is 5.82 Å². The van der Waals surface area contributed by atoms with Crippen LogP contribution in [0.1, 0.15) is 24.1 Å². The Morgan fingerprint density at radius 3 is 3.00 bits per heavy atom. The lowest BCUT2D eigenvalue weighted by molar-refractivity contribution is -0.134. The van der Waals surface area contributed by atoms with Gasteiger partial charge in [0.2, 0.25) is 11.8 Å². The number of carbonyl (C=O) groups excluding carboxylic acids is 2. The molecule has 25 heavy (non-hydrogen) atoms. The van der Waals surface area contributed by atoms with Gasteiger partial charge >= 0.3 is 0 Å². The molecule has 1 aromatic carbocycles. The smallest absolute Gasteiger partial charge is 0.223 e. The normalized spacial score (nSPS) is 13.8. The van der Waals surface area contributed by atoms with E-state index in [1.165, 1.54) is 12.1 Å². The molecule has 6 nitrogen and oxygen atoms in total. The van der Waals surface area contributed by atoms with Crippen molar-refractivity contribution >= 4 is 22.7 Å². The Morgan fingerprint density at radius 2 is 2.20 bits per heavy atom. The van der Waals surface area contributed by atoms with Crippen molar-refractivity contribution in [3.05, 3.63) is 35.3 Å². The highest BCUT2D eigenvalue weighted by atomic mass is 19.1. The fraction of sp³-hybridized carbons (Fsp3) is 0.444. The van der Waals surface area contributed by atoms with E-state index in [9.17, 15) is 14.0 Å². The summed E-state index contributed by atoms with van der Waals surface area (Å²) in [4.78, 5) is 29.1. The first-order valence-electron chi connectivity index (χ1n) is 8.41. The Balaban J connectivity index is 1.60. The topological polar surface area (TPSA) is 74.4 Å². The summed E-state index contributed by atoms with van der Waals surface area (Å²) in [6.45, 7) is 1.94. The summed E-state index contributed by atoms with van der Waals surface area (Å²) < 4.78 is 18.4. The van der Waals surface area contributed by atoms with Gasteiger partial charge in [-0.05, 0) is 18.2 Å². The summed E-state index contributed by atoms with van der Waals surface area (Å²) in [6, 6.07) is 4.65. The van der Waals surface area contributed by atoms with Crippen LogP contribution in [0.3, 0.4) is 0 Å². The predicted molar refractivity (Wildman–Crippen MR) is 91.5 cm³/mol. The number of nitrogens with zero attached hydrogens (tertiary/aromatic N) is 1. The Bertz CT molecular complexity index is 787. The van der Waals surface area contributed by atoms with Gasteiger partial charge in [-0.15, -0.1) is 0 Å². The van der Waals surface area contributed by atoms with E-state index in [-0.39, 0.29) is 30.5 Å². The summed E-state index contributed by atoms with van der Waals surface area (Å²) in [6.07, 6.45) is 1.04. The van der Waals surface area contributed by atoms with Crippen molar-refractivity contribution in [3.63, 3.8) is 0 Å². The summed E-state index contributed by atoms with van der Waals surface area (Å²) in [7, 11) is 1.57. The lowest BCUT2D eigenvalue weighted by Crippen LogP contribution is -2.36. The number of aromatic nitrogens is 1. The molecule has 0 bridgehead atoms. The van der Waals surface area contributed by atoms with Crippen LogP contribution in [-0.2, 0) is 27.3 Å². The molecule has 3 rings (SSSR count). The molecule has 0 radical (unpaired) electrons. The average Bonchev–Trinajstić information content (AvgIpc) is 2.97. The quantitative estimate of drug-likeness (QED) is 0.782. The number of aromatic amines is 1. The number of fused-ring (bicyclic) bond motifs is 3. The number of hydrogen-bond acceptors (Lipinski definition) is 3. The zero-order chi connectivity index (χ0) is 17.8. The van der Waals surface area contributed by atoms with E-state index in [2.05, 4.69) is 10.3 Å². The molecular formula is C18H22FN3O3. The highest BCUT2D eigenvalue weighted by molar-refractivity contribution is 5.87. The molecule has 1 aromatic heterocycles. The van der Waals surface area contributed by atoms with Gasteiger partial charge in [0.1, 0.15) is 5.82 Å². The van der Waals surface area contributed by atoms with E-state index in [1.807, 2.05) is 0 Å². The van der Waals surface area contributed by atoms with E-state index in [0.29, 0.717) is 32.7 Å². The minimum Gasteiger partial charge on any atom is -0.383 e. The van der Waals surface area contributed by atoms with Gasteiger partial charge in [0.25, 0.3) is 0 Å². The maximum absolute atomic E-state index is 13.5. The van der Waals surface area contributed by atoms with Crippen molar-refractivity contribution in [1.29, 1.82) is 0 Å². The van der Waals surface area contributed by atoms with Gasteiger partial charge in [0, 0.05) is 68.2 Å². The van der Waals surface area contributed by atoms with Crippen molar-refractivity contribution in [2.24, 2.45) is 0 Å².